The minimum atomic E-state index is -0.445. The molecule has 2 aromatic carbocycles. The van der Waals surface area contributed by atoms with Gasteiger partial charge in [-0.3, -0.25) is 4.79 Å². The second-order valence-electron chi connectivity index (χ2n) is 5.73. The number of carbonyl (C=O) groups excluding carboxylic acids is 1. The van der Waals surface area contributed by atoms with Crippen molar-refractivity contribution in [2.75, 3.05) is 5.32 Å². The van der Waals surface area contributed by atoms with Gasteiger partial charge in [-0.1, -0.05) is 35.9 Å². The van der Waals surface area contributed by atoms with Crippen LogP contribution in [0.1, 0.15) is 25.0 Å². The highest BCUT2D eigenvalue weighted by atomic mass is 16.5. The van der Waals surface area contributed by atoms with Crippen molar-refractivity contribution in [1.82, 2.24) is 0 Å². The maximum Gasteiger partial charge on any atom is 0.266 e. The number of hydrogen-bond donors (Lipinski definition) is 1. The molecule has 0 atom stereocenters. The summed E-state index contributed by atoms with van der Waals surface area (Å²) in [5.41, 5.74) is 2.57. The second-order valence-corrected chi connectivity index (χ2v) is 5.73. The van der Waals surface area contributed by atoms with Crippen LogP contribution in [-0.4, -0.2) is 12.0 Å². The summed E-state index contributed by atoms with van der Waals surface area (Å²) in [6, 6.07) is 16.7. The normalized spacial score (nSPS) is 11.0. The monoisotopic (exact) mass is 320 g/mol. The standard InChI is InChI=1S/C20H20N2O2/c1-14(2)24-19-6-4-5-18(12-19)22-20(23)17(13-21)11-16-9-7-15(3)8-10-16/h4-12,14H,1-3H3,(H,22,23)/b17-11-. The summed E-state index contributed by atoms with van der Waals surface area (Å²) in [4.78, 5) is 12.3. The van der Waals surface area contributed by atoms with Crippen LogP contribution in [0.2, 0.25) is 0 Å². The van der Waals surface area contributed by atoms with Gasteiger partial charge in [0, 0.05) is 11.8 Å². The molecule has 4 nitrogen and oxygen atoms in total. The van der Waals surface area contributed by atoms with Crippen LogP contribution >= 0.6 is 0 Å². The molecule has 1 amide bonds. The summed E-state index contributed by atoms with van der Waals surface area (Å²) in [5, 5.41) is 12.0. The fraction of sp³-hybridized carbons (Fsp3) is 0.200. The molecule has 4 heteroatoms. The van der Waals surface area contributed by atoms with Crippen LogP contribution in [-0.2, 0) is 4.79 Å². The third-order valence-corrected chi connectivity index (χ3v) is 3.22. The molecule has 0 radical (unpaired) electrons. The predicted octanol–water partition coefficient (Wildman–Crippen LogP) is 4.33. The van der Waals surface area contributed by atoms with Gasteiger partial charge in [-0.2, -0.15) is 5.26 Å². The van der Waals surface area contributed by atoms with E-state index in [2.05, 4.69) is 5.32 Å². The quantitative estimate of drug-likeness (QED) is 0.659. The molecule has 0 aromatic heterocycles. The first kappa shape index (κ1) is 17.3. The lowest BCUT2D eigenvalue weighted by molar-refractivity contribution is -0.112. The number of anilines is 1. The Balaban J connectivity index is 2.15. The molecule has 0 saturated heterocycles. The Morgan fingerprint density at radius 1 is 1.21 bits per heavy atom. The van der Waals surface area contributed by atoms with Gasteiger partial charge in [0.05, 0.1) is 6.10 Å². The molecule has 2 rings (SSSR count). The van der Waals surface area contributed by atoms with Crippen molar-refractivity contribution in [3.8, 4) is 11.8 Å². The molecule has 0 aliphatic rings. The third kappa shape index (κ3) is 4.99. The largest absolute Gasteiger partial charge is 0.491 e. The first-order valence-electron chi connectivity index (χ1n) is 7.74. The molecule has 1 N–H and O–H groups in total. The highest BCUT2D eigenvalue weighted by Crippen LogP contribution is 2.19. The number of hydrogen-bond acceptors (Lipinski definition) is 3. The van der Waals surface area contributed by atoms with Crippen molar-refractivity contribution in [3.05, 3.63) is 65.2 Å². The van der Waals surface area contributed by atoms with Crippen LogP contribution in [0.4, 0.5) is 5.69 Å². The Kier molecular flexibility index (Phi) is 5.75. The van der Waals surface area contributed by atoms with E-state index in [-0.39, 0.29) is 11.7 Å². The van der Waals surface area contributed by atoms with Crippen LogP contribution in [0.25, 0.3) is 6.08 Å². The van der Waals surface area contributed by atoms with E-state index >= 15 is 0 Å². The lowest BCUT2D eigenvalue weighted by Gasteiger charge is -2.11. The Bertz CT molecular complexity index is 784. The van der Waals surface area contributed by atoms with E-state index in [1.54, 1.807) is 24.3 Å². The van der Waals surface area contributed by atoms with Crippen LogP contribution in [0.15, 0.2) is 54.1 Å². The molecule has 0 fully saturated rings. The van der Waals surface area contributed by atoms with Crippen molar-refractivity contribution in [2.45, 2.75) is 26.9 Å². The minimum Gasteiger partial charge on any atom is -0.491 e. The topological polar surface area (TPSA) is 62.1 Å². The highest BCUT2D eigenvalue weighted by molar-refractivity contribution is 6.09. The summed E-state index contributed by atoms with van der Waals surface area (Å²) in [6.07, 6.45) is 1.62. The smallest absolute Gasteiger partial charge is 0.266 e. The number of aryl methyl sites for hydroxylation is 1. The fourth-order valence-corrected chi connectivity index (χ4v) is 2.10. The van der Waals surface area contributed by atoms with E-state index in [1.165, 1.54) is 0 Å². The summed E-state index contributed by atoms with van der Waals surface area (Å²) < 4.78 is 5.60. The highest BCUT2D eigenvalue weighted by Gasteiger charge is 2.10. The Hall–Kier alpha value is -3.06. The summed E-state index contributed by atoms with van der Waals surface area (Å²) in [7, 11) is 0. The number of amides is 1. The van der Waals surface area contributed by atoms with Gasteiger partial charge in [0.25, 0.3) is 5.91 Å². The average Bonchev–Trinajstić information content (AvgIpc) is 2.54. The summed E-state index contributed by atoms with van der Waals surface area (Å²) in [5.74, 6) is 0.226. The lowest BCUT2D eigenvalue weighted by atomic mass is 10.1. The number of ether oxygens (including phenoxy) is 1. The van der Waals surface area contributed by atoms with E-state index < -0.39 is 5.91 Å². The molecule has 24 heavy (non-hydrogen) atoms. The zero-order valence-electron chi connectivity index (χ0n) is 14.0. The molecule has 2 aromatic rings. The van der Waals surface area contributed by atoms with Gasteiger partial charge in [0.1, 0.15) is 17.4 Å². The first-order chi connectivity index (χ1) is 11.5. The fourth-order valence-electron chi connectivity index (χ4n) is 2.10. The number of rotatable bonds is 5. The Labute approximate surface area is 142 Å². The van der Waals surface area contributed by atoms with Gasteiger partial charge in [-0.25, -0.2) is 0 Å². The molecule has 0 saturated carbocycles. The van der Waals surface area contributed by atoms with Gasteiger partial charge in [-0.15, -0.1) is 0 Å². The van der Waals surface area contributed by atoms with Crippen molar-refractivity contribution >= 4 is 17.7 Å². The molecule has 0 heterocycles. The molecule has 122 valence electrons. The zero-order chi connectivity index (χ0) is 17.5. The first-order valence-corrected chi connectivity index (χ1v) is 7.74. The van der Waals surface area contributed by atoms with E-state index in [0.717, 1.165) is 11.1 Å². The van der Waals surface area contributed by atoms with Gasteiger partial charge in [0.15, 0.2) is 0 Å². The lowest BCUT2D eigenvalue weighted by Crippen LogP contribution is -2.13. The van der Waals surface area contributed by atoms with Crippen LogP contribution in [0, 0.1) is 18.3 Å². The van der Waals surface area contributed by atoms with Gasteiger partial charge in [0.2, 0.25) is 0 Å². The van der Waals surface area contributed by atoms with E-state index in [9.17, 15) is 10.1 Å². The van der Waals surface area contributed by atoms with Crippen molar-refractivity contribution in [3.63, 3.8) is 0 Å². The minimum absolute atomic E-state index is 0.0482. The molecular weight excluding hydrogens is 300 g/mol. The molecule has 0 aliphatic carbocycles. The van der Waals surface area contributed by atoms with Gasteiger partial charge in [-0.05, 0) is 44.5 Å². The molecule has 0 spiro atoms. The van der Waals surface area contributed by atoms with E-state index in [1.807, 2.05) is 57.2 Å². The molecule has 0 aliphatic heterocycles. The summed E-state index contributed by atoms with van der Waals surface area (Å²) in [6.45, 7) is 5.85. The molecule has 0 unspecified atom stereocenters. The van der Waals surface area contributed by atoms with Crippen LogP contribution < -0.4 is 10.1 Å². The predicted molar refractivity (Wildman–Crippen MR) is 95.6 cm³/mol. The summed E-state index contributed by atoms with van der Waals surface area (Å²) >= 11 is 0. The third-order valence-electron chi connectivity index (χ3n) is 3.22. The number of benzene rings is 2. The Morgan fingerprint density at radius 2 is 1.92 bits per heavy atom. The number of nitrogens with one attached hydrogen (secondary N) is 1. The van der Waals surface area contributed by atoms with Crippen molar-refractivity contribution in [1.29, 1.82) is 5.26 Å². The maximum absolute atomic E-state index is 12.3. The molecular formula is C20H20N2O2. The molecule has 0 bridgehead atoms. The second kappa shape index (κ2) is 7.98. The number of nitriles is 1. The Morgan fingerprint density at radius 3 is 2.54 bits per heavy atom. The van der Waals surface area contributed by atoms with Gasteiger partial charge >= 0.3 is 0 Å². The van der Waals surface area contributed by atoms with Gasteiger partial charge < -0.3 is 10.1 Å². The average molecular weight is 320 g/mol. The van der Waals surface area contributed by atoms with Crippen LogP contribution in [0.5, 0.6) is 5.75 Å². The number of carbonyl (C=O) groups is 1. The van der Waals surface area contributed by atoms with Crippen LogP contribution in [0.3, 0.4) is 0 Å². The van der Waals surface area contributed by atoms with Crippen molar-refractivity contribution in [2.24, 2.45) is 0 Å². The SMILES string of the molecule is Cc1ccc(/C=C(/C#N)C(=O)Nc2cccc(OC(C)C)c2)cc1. The van der Waals surface area contributed by atoms with Crippen molar-refractivity contribution < 1.29 is 9.53 Å². The maximum atomic E-state index is 12.3. The number of nitrogens with zero attached hydrogens (tertiary/aromatic N) is 1. The van der Waals surface area contributed by atoms with E-state index in [4.69, 9.17) is 4.74 Å². The van der Waals surface area contributed by atoms with E-state index in [0.29, 0.717) is 11.4 Å². The zero-order valence-corrected chi connectivity index (χ0v) is 14.0.